The van der Waals surface area contributed by atoms with Crippen LogP contribution in [0.3, 0.4) is 0 Å². The summed E-state index contributed by atoms with van der Waals surface area (Å²) < 4.78 is 11.0. The van der Waals surface area contributed by atoms with Crippen molar-refractivity contribution in [3.63, 3.8) is 0 Å². The fourth-order valence-corrected chi connectivity index (χ4v) is 3.06. The predicted octanol–water partition coefficient (Wildman–Crippen LogP) is 2.39. The molecule has 25 heavy (non-hydrogen) atoms. The molecule has 1 fully saturated rings. The number of benzene rings is 1. The van der Waals surface area contributed by atoms with Gasteiger partial charge in [0, 0.05) is 25.6 Å². The minimum Gasteiger partial charge on any atom is -0.459 e. The van der Waals surface area contributed by atoms with Gasteiger partial charge in [-0.05, 0) is 17.7 Å². The largest absolute Gasteiger partial charge is 0.459 e. The first-order chi connectivity index (χ1) is 12.3. The summed E-state index contributed by atoms with van der Waals surface area (Å²) in [4.78, 5) is 14.2. The summed E-state index contributed by atoms with van der Waals surface area (Å²) in [7, 11) is 0. The molecule has 128 valence electrons. The molecule has 2 aromatic heterocycles. The van der Waals surface area contributed by atoms with E-state index in [0.29, 0.717) is 43.6 Å². The van der Waals surface area contributed by atoms with Crippen molar-refractivity contribution >= 4 is 5.91 Å². The molecule has 1 atom stereocenters. The number of aromatic nitrogens is 2. The molecule has 4 rings (SSSR count). The van der Waals surface area contributed by atoms with Crippen molar-refractivity contribution < 1.29 is 13.6 Å². The van der Waals surface area contributed by atoms with Crippen LogP contribution in [0.5, 0.6) is 0 Å². The van der Waals surface area contributed by atoms with Crippen LogP contribution in [0.2, 0.25) is 0 Å². The zero-order valence-corrected chi connectivity index (χ0v) is 13.6. The fraction of sp³-hybridized carbons (Fsp3) is 0.278. The second-order valence-electron chi connectivity index (χ2n) is 5.93. The Bertz CT molecular complexity index is 829. The molecule has 0 bridgehead atoms. The van der Waals surface area contributed by atoms with E-state index in [1.807, 2.05) is 30.3 Å². The van der Waals surface area contributed by atoms with Crippen LogP contribution in [0.25, 0.3) is 11.7 Å². The molecular weight excluding hydrogens is 320 g/mol. The second kappa shape index (κ2) is 6.90. The van der Waals surface area contributed by atoms with E-state index in [4.69, 9.17) is 8.83 Å². The Labute approximate surface area is 144 Å². The van der Waals surface area contributed by atoms with Gasteiger partial charge in [-0.1, -0.05) is 30.3 Å². The quantitative estimate of drug-likeness (QED) is 0.786. The van der Waals surface area contributed by atoms with Crippen LogP contribution >= 0.6 is 0 Å². The fourth-order valence-electron chi connectivity index (χ4n) is 3.06. The maximum absolute atomic E-state index is 12.0. The minimum absolute atomic E-state index is 0.0253. The molecule has 7 heteroatoms. The normalized spacial score (nSPS) is 18.7. The Balaban J connectivity index is 1.57. The summed E-state index contributed by atoms with van der Waals surface area (Å²) >= 11 is 0. The van der Waals surface area contributed by atoms with Gasteiger partial charge in [0.2, 0.25) is 11.8 Å². The average molecular weight is 338 g/mol. The standard InChI is InChI=1S/C18H18N4O3/c23-16-11-14(13-5-2-1-3-6-13)22(9-8-19-16)12-17-20-21-18(25-17)15-7-4-10-24-15/h1-7,10,14H,8-9,11-12H2,(H,19,23). The summed E-state index contributed by atoms with van der Waals surface area (Å²) in [5.74, 6) is 1.46. The average Bonchev–Trinajstić information content (AvgIpc) is 3.28. The van der Waals surface area contributed by atoms with Crippen molar-refractivity contribution in [3.8, 4) is 11.7 Å². The van der Waals surface area contributed by atoms with Crippen LogP contribution in [0.1, 0.15) is 23.9 Å². The van der Waals surface area contributed by atoms with Gasteiger partial charge in [0.05, 0.1) is 12.8 Å². The third-order valence-corrected chi connectivity index (χ3v) is 4.26. The van der Waals surface area contributed by atoms with Crippen molar-refractivity contribution in [1.82, 2.24) is 20.4 Å². The SMILES string of the molecule is O=C1CC(c2ccccc2)N(Cc2nnc(-c3ccco3)o2)CCN1. The molecule has 0 aliphatic carbocycles. The number of carbonyl (C=O) groups is 1. The van der Waals surface area contributed by atoms with E-state index >= 15 is 0 Å². The summed E-state index contributed by atoms with van der Waals surface area (Å²) in [6.45, 7) is 1.79. The molecule has 1 amide bonds. The number of nitrogens with zero attached hydrogens (tertiary/aromatic N) is 3. The Kier molecular flexibility index (Phi) is 4.30. The topological polar surface area (TPSA) is 84.4 Å². The van der Waals surface area contributed by atoms with Gasteiger partial charge in [-0.25, -0.2) is 0 Å². The van der Waals surface area contributed by atoms with Crippen LogP contribution in [0, 0.1) is 0 Å². The van der Waals surface area contributed by atoms with E-state index in [1.54, 1.807) is 18.4 Å². The molecule has 0 spiro atoms. The zero-order valence-electron chi connectivity index (χ0n) is 13.6. The molecule has 0 saturated carbocycles. The van der Waals surface area contributed by atoms with Crippen LogP contribution < -0.4 is 5.32 Å². The van der Waals surface area contributed by atoms with Gasteiger partial charge in [-0.2, -0.15) is 0 Å². The smallest absolute Gasteiger partial charge is 0.283 e. The highest BCUT2D eigenvalue weighted by atomic mass is 16.4. The van der Waals surface area contributed by atoms with E-state index in [9.17, 15) is 4.79 Å². The Morgan fingerprint density at radius 1 is 1.16 bits per heavy atom. The van der Waals surface area contributed by atoms with Crippen LogP contribution in [0.15, 0.2) is 57.6 Å². The molecule has 3 heterocycles. The summed E-state index contributed by atoms with van der Waals surface area (Å²) in [6.07, 6.45) is 1.97. The summed E-state index contributed by atoms with van der Waals surface area (Å²) in [5.41, 5.74) is 1.10. The van der Waals surface area contributed by atoms with E-state index in [1.165, 1.54) is 0 Å². The Hall–Kier alpha value is -2.93. The predicted molar refractivity (Wildman–Crippen MR) is 89.2 cm³/mol. The van der Waals surface area contributed by atoms with Gasteiger partial charge in [0.25, 0.3) is 5.89 Å². The number of nitrogens with one attached hydrogen (secondary N) is 1. The highest BCUT2D eigenvalue weighted by Crippen LogP contribution is 2.27. The van der Waals surface area contributed by atoms with Crippen molar-refractivity contribution in [1.29, 1.82) is 0 Å². The number of furan rings is 1. The zero-order chi connectivity index (χ0) is 17.1. The molecule has 0 radical (unpaired) electrons. The minimum atomic E-state index is -0.0253. The lowest BCUT2D eigenvalue weighted by Crippen LogP contribution is -2.30. The molecule has 1 aliphatic rings. The number of carbonyl (C=O) groups excluding carboxylic acids is 1. The van der Waals surface area contributed by atoms with Gasteiger partial charge in [-0.3, -0.25) is 9.69 Å². The number of amides is 1. The van der Waals surface area contributed by atoms with Crippen molar-refractivity contribution in [2.45, 2.75) is 19.0 Å². The number of rotatable bonds is 4. The van der Waals surface area contributed by atoms with Crippen molar-refractivity contribution in [2.75, 3.05) is 13.1 Å². The highest BCUT2D eigenvalue weighted by Gasteiger charge is 2.27. The summed E-state index contributed by atoms with van der Waals surface area (Å²) in [5, 5.41) is 11.1. The molecule has 1 aliphatic heterocycles. The third-order valence-electron chi connectivity index (χ3n) is 4.26. The lowest BCUT2D eigenvalue weighted by molar-refractivity contribution is -0.121. The van der Waals surface area contributed by atoms with Crippen molar-refractivity contribution in [2.24, 2.45) is 0 Å². The first kappa shape index (κ1) is 15.6. The molecule has 1 N–H and O–H groups in total. The second-order valence-corrected chi connectivity index (χ2v) is 5.93. The molecule has 7 nitrogen and oxygen atoms in total. The first-order valence-electron chi connectivity index (χ1n) is 8.21. The van der Waals surface area contributed by atoms with Crippen LogP contribution in [0.4, 0.5) is 0 Å². The number of hydrogen-bond acceptors (Lipinski definition) is 6. The maximum atomic E-state index is 12.0. The van der Waals surface area contributed by atoms with Gasteiger partial charge >= 0.3 is 0 Å². The van der Waals surface area contributed by atoms with E-state index < -0.39 is 0 Å². The Morgan fingerprint density at radius 2 is 2.04 bits per heavy atom. The monoisotopic (exact) mass is 338 g/mol. The maximum Gasteiger partial charge on any atom is 0.283 e. The molecule has 3 aromatic rings. The van der Waals surface area contributed by atoms with Crippen LogP contribution in [-0.2, 0) is 11.3 Å². The molecular formula is C18H18N4O3. The Morgan fingerprint density at radius 3 is 2.84 bits per heavy atom. The van der Waals surface area contributed by atoms with E-state index in [0.717, 1.165) is 5.56 Å². The van der Waals surface area contributed by atoms with Gasteiger partial charge in [0.15, 0.2) is 5.76 Å². The van der Waals surface area contributed by atoms with Gasteiger partial charge in [-0.15, -0.1) is 10.2 Å². The molecule has 1 unspecified atom stereocenters. The summed E-state index contributed by atoms with van der Waals surface area (Å²) in [6, 6.07) is 13.5. The van der Waals surface area contributed by atoms with Crippen LogP contribution in [-0.4, -0.2) is 34.1 Å². The van der Waals surface area contributed by atoms with Gasteiger partial charge in [0.1, 0.15) is 0 Å². The first-order valence-corrected chi connectivity index (χ1v) is 8.21. The van der Waals surface area contributed by atoms with Crippen molar-refractivity contribution in [3.05, 3.63) is 60.2 Å². The molecule has 1 aromatic carbocycles. The lowest BCUT2D eigenvalue weighted by Gasteiger charge is -2.27. The van der Waals surface area contributed by atoms with E-state index in [2.05, 4.69) is 20.4 Å². The van der Waals surface area contributed by atoms with Gasteiger partial charge < -0.3 is 14.2 Å². The lowest BCUT2D eigenvalue weighted by atomic mass is 10.0. The highest BCUT2D eigenvalue weighted by molar-refractivity contribution is 5.77. The molecule has 1 saturated heterocycles. The number of hydrogen-bond donors (Lipinski definition) is 1. The van der Waals surface area contributed by atoms with E-state index in [-0.39, 0.29) is 11.9 Å². The third kappa shape index (κ3) is 3.46.